The second-order valence-electron chi connectivity index (χ2n) is 5.53. The highest BCUT2D eigenvalue weighted by atomic mass is 16.5. The molecule has 2 aromatic carbocycles. The molecule has 0 spiro atoms. The minimum Gasteiger partial charge on any atom is -0.497 e. The maximum atomic E-state index is 12.2. The van der Waals surface area contributed by atoms with E-state index in [9.17, 15) is 4.79 Å². The first-order valence-corrected chi connectivity index (χ1v) is 8.12. The second kappa shape index (κ2) is 8.15. The summed E-state index contributed by atoms with van der Waals surface area (Å²) >= 11 is 0. The van der Waals surface area contributed by atoms with Crippen LogP contribution in [0.1, 0.15) is 12.8 Å². The lowest BCUT2D eigenvalue weighted by Crippen LogP contribution is -2.35. The molecule has 0 radical (unpaired) electrons. The van der Waals surface area contributed by atoms with Crippen LogP contribution in [0.4, 0.5) is 0 Å². The van der Waals surface area contributed by atoms with Gasteiger partial charge in [-0.25, -0.2) is 0 Å². The van der Waals surface area contributed by atoms with E-state index in [4.69, 9.17) is 14.0 Å². The summed E-state index contributed by atoms with van der Waals surface area (Å²) in [6, 6.07) is 16.5. The topological polar surface area (TPSA) is 86.5 Å². The van der Waals surface area contributed by atoms with Crippen molar-refractivity contribution in [2.45, 2.75) is 19.6 Å². The quantitative estimate of drug-likeness (QED) is 0.703. The van der Waals surface area contributed by atoms with Crippen molar-refractivity contribution in [2.75, 3.05) is 7.11 Å². The molecule has 7 heteroatoms. The molecule has 26 heavy (non-hydrogen) atoms. The van der Waals surface area contributed by atoms with Gasteiger partial charge in [0.05, 0.1) is 13.7 Å². The maximum Gasteiger partial charge on any atom is 0.261 e. The zero-order valence-corrected chi connectivity index (χ0v) is 14.5. The minimum absolute atomic E-state index is 0.134. The van der Waals surface area contributed by atoms with Gasteiger partial charge >= 0.3 is 0 Å². The summed E-state index contributed by atoms with van der Waals surface area (Å²) in [4.78, 5) is 16.4. The molecule has 1 aromatic heterocycles. The summed E-state index contributed by atoms with van der Waals surface area (Å²) in [7, 11) is 1.59. The average molecular weight is 353 g/mol. The highest BCUT2D eigenvalue weighted by Crippen LogP contribution is 2.18. The van der Waals surface area contributed by atoms with Gasteiger partial charge in [0.15, 0.2) is 6.10 Å². The number of carbonyl (C=O) groups is 1. The molecule has 0 aliphatic rings. The number of nitrogens with zero attached hydrogens (tertiary/aromatic N) is 2. The van der Waals surface area contributed by atoms with Gasteiger partial charge in [0, 0.05) is 5.56 Å². The van der Waals surface area contributed by atoms with Gasteiger partial charge in [-0.15, -0.1) is 0 Å². The second-order valence-corrected chi connectivity index (χ2v) is 5.53. The molecule has 0 aliphatic heterocycles. The molecule has 0 bridgehead atoms. The standard InChI is InChI=1S/C19H19N3O4/c1-13(25-16-10-8-15(24-2)9-11-16)19(23)20-12-17-21-18(22-26-17)14-6-4-3-5-7-14/h3-11,13H,12H2,1-2H3,(H,20,23)/t13-/m0/s1. The third kappa shape index (κ3) is 4.38. The lowest BCUT2D eigenvalue weighted by Gasteiger charge is -2.14. The molecule has 1 atom stereocenters. The van der Waals surface area contributed by atoms with E-state index >= 15 is 0 Å². The fourth-order valence-electron chi connectivity index (χ4n) is 2.25. The van der Waals surface area contributed by atoms with Crippen LogP contribution < -0.4 is 14.8 Å². The smallest absolute Gasteiger partial charge is 0.261 e. The Morgan fingerprint density at radius 2 is 1.81 bits per heavy atom. The van der Waals surface area contributed by atoms with Gasteiger partial charge in [-0.2, -0.15) is 4.98 Å². The van der Waals surface area contributed by atoms with Crippen LogP contribution in [-0.2, 0) is 11.3 Å². The fraction of sp³-hybridized carbons (Fsp3) is 0.211. The first-order chi connectivity index (χ1) is 12.7. The van der Waals surface area contributed by atoms with E-state index in [-0.39, 0.29) is 12.5 Å². The Bertz CT molecular complexity index is 847. The van der Waals surface area contributed by atoms with Crippen LogP contribution >= 0.6 is 0 Å². The third-order valence-electron chi connectivity index (χ3n) is 3.66. The van der Waals surface area contributed by atoms with Gasteiger partial charge in [-0.1, -0.05) is 35.5 Å². The number of aromatic nitrogens is 2. The Hall–Kier alpha value is -3.35. The number of nitrogens with one attached hydrogen (secondary N) is 1. The molecular formula is C19H19N3O4. The van der Waals surface area contributed by atoms with Gasteiger partial charge in [0.25, 0.3) is 5.91 Å². The van der Waals surface area contributed by atoms with Crippen molar-refractivity contribution in [1.29, 1.82) is 0 Å². The lowest BCUT2D eigenvalue weighted by molar-refractivity contribution is -0.127. The summed E-state index contributed by atoms with van der Waals surface area (Å²) in [5.41, 5.74) is 0.852. The van der Waals surface area contributed by atoms with Crippen LogP contribution in [0.3, 0.4) is 0 Å². The number of ether oxygens (including phenoxy) is 2. The summed E-state index contributed by atoms with van der Waals surface area (Å²) in [6.45, 7) is 1.80. The van der Waals surface area contributed by atoms with E-state index in [0.717, 1.165) is 11.3 Å². The Balaban J connectivity index is 1.52. The zero-order valence-electron chi connectivity index (χ0n) is 14.5. The van der Waals surface area contributed by atoms with E-state index < -0.39 is 6.10 Å². The molecule has 1 N–H and O–H groups in total. The molecule has 3 rings (SSSR count). The van der Waals surface area contributed by atoms with E-state index in [2.05, 4.69) is 15.5 Å². The van der Waals surface area contributed by atoms with Crippen molar-refractivity contribution >= 4 is 5.91 Å². The van der Waals surface area contributed by atoms with Gasteiger partial charge < -0.3 is 19.3 Å². The number of carbonyl (C=O) groups excluding carboxylic acids is 1. The summed E-state index contributed by atoms with van der Waals surface area (Å²) in [5.74, 6) is 1.84. The van der Waals surface area contributed by atoms with Crippen molar-refractivity contribution < 1.29 is 18.8 Å². The Labute approximate surface area is 150 Å². The maximum absolute atomic E-state index is 12.2. The lowest BCUT2D eigenvalue weighted by atomic mass is 10.2. The largest absolute Gasteiger partial charge is 0.497 e. The number of benzene rings is 2. The van der Waals surface area contributed by atoms with Gasteiger partial charge in [0.2, 0.25) is 11.7 Å². The molecule has 0 saturated carbocycles. The molecular weight excluding hydrogens is 334 g/mol. The fourth-order valence-corrected chi connectivity index (χ4v) is 2.25. The van der Waals surface area contributed by atoms with Crippen molar-refractivity contribution in [2.24, 2.45) is 0 Å². The van der Waals surface area contributed by atoms with E-state index in [1.165, 1.54) is 0 Å². The first kappa shape index (κ1) is 17.5. The van der Waals surface area contributed by atoms with Crippen LogP contribution in [0.5, 0.6) is 11.5 Å². The minimum atomic E-state index is -0.667. The van der Waals surface area contributed by atoms with Crippen LogP contribution in [0, 0.1) is 0 Å². The highest BCUT2D eigenvalue weighted by molar-refractivity contribution is 5.80. The zero-order chi connectivity index (χ0) is 18.4. The summed E-state index contributed by atoms with van der Waals surface area (Å²) in [5, 5.41) is 6.63. The summed E-state index contributed by atoms with van der Waals surface area (Å²) in [6.07, 6.45) is -0.667. The highest BCUT2D eigenvalue weighted by Gasteiger charge is 2.16. The van der Waals surface area contributed by atoms with E-state index in [1.54, 1.807) is 38.3 Å². The Morgan fingerprint density at radius 3 is 2.50 bits per heavy atom. The molecule has 0 fully saturated rings. The van der Waals surface area contributed by atoms with Crippen molar-refractivity contribution in [3.05, 3.63) is 60.5 Å². The van der Waals surface area contributed by atoms with Gasteiger partial charge in [0.1, 0.15) is 11.5 Å². The Kier molecular flexibility index (Phi) is 5.48. The number of rotatable bonds is 7. The number of hydrogen-bond acceptors (Lipinski definition) is 6. The average Bonchev–Trinajstić information content (AvgIpc) is 3.16. The predicted octanol–water partition coefficient (Wildman–Crippen LogP) is 2.83. The molecule has 134 valence electrons. The molecule has 0 unspecified atom stereocenters. The molecule has 1 heterocycles. The monoisotopic (exact) mass is 353 g/mol. The predicted molar refractivity (Wildman–Crippen MR) is 94.7 cm³/mol. The van der Waals surface area contributed by atoms with Crippen LogP contribution in [-0.4, -0.2) is 29.3 Å². The van der Waals surface area contributed by atoms with E-state index in [1.807, 2.05) is 30.3 Å². The number of hydrogen-bond donors (Lipinski definition) is 1. The van der Waals surface area contributed by atoms with Gasteiger partial charge in [-0.3, -0.25) is 4.79 Å². The van der Waals surface area contributed by atoms with Crippen molar-refractivity contribution in [3.8, 4) is 22.9 Å². The van der Waals surface area contributed by atoms with Crippen LogP contribution in [0.2, 0.25) is 0 Å². The number of methoxy groups -OCH3 is 1. The SMILES string of the molecule is COc1ccc(O[C@@H](C)C(=O)NCc2nc(-c3ccccc3)no2)cc1. The van der Waals surface area contributed by atoms with Crippen LogP contribution in [0.25, 0.3) is 11.4 Å². The van der Waals surface area contributed by atoms with Crippen LogP contribution in [0.15, 0.2) is 59.1 Å². The summed E-state index contributed by atoms with van der Waals surface area (Å²) < 4.78 is 15.9. The molecule has 3 aromatic rings. The molecule has 1 amide bonds. The van der Waals surface area contributed by atoms with Crippen molar-refractivity contribution in [1.82, 2.24) is 15.5 Å². The third-order valence-corrected chi connectivity index (χ3v) is 3.66. The normalized spacial score (nSPS) is 11.6. The molecule has 0 saturated heterocycles. The van der Waals surface area contributed by atoms with E-state index in [0.29, 0.717) is 17.5 Å². The number of amides is 1. The first-order valence-electron chi connectivity index (χ1n) is 8.12. The van der Waals surface area contributed by atoms with Crippen molar-refractivity contribution in [3.63, 3.8) is 0 Å². The molecule has 7 nitrogen and oxygen atoms in total. The Morgan fingerprint density at radius 1 is 1.12 bits per heavy atom. The van der Waals surface area contributed by atoms with Gasteiger partial charge in [-0.05, 0) is 31.2 Å². The molecule has 0 aliphatic carbocycles.